The molecule has 0 aromatic carbocycles. The third kappa shape index (κ3) is 3.56. The van der Waals surface area contributed by atoms with Crippen LogP contribution in [0.15, 0.2) is 24.2 Å². The number of piperazine rings is 1. The van der Waals surface area contributed by atoms with Crippen LogP contribution in [-0.2, 0) is 9.59 Å². The minimum atomic E-state index is -0.606. The highest BCUT2D eigenvalue weighted by Gasteiger charge is 2.38. The number of carbonyl (C=O) groups excluding carboxylic acids is 2. The molecule has 1 fully saturated rings. The summed E-state index contributed by atoms with van der Waals surface area (Å²) >= 11 is 0. The van der Waals surface area contributed by atoms with Crippen molar-refractivity contribution in [3.05, 3.63) is 24.2 Å². The molecule has 2 heterocycles. The molecule has 2 N–H and O–H groups in total. The van der Waals surface area contributed by atoms with Gasteiger partial charge in [-0.15, -0.1) is 0 Å². The van der Waals surface area contributed by atoms with Gasteiger partial charge in [-0.05, 0) is 18.7 Å². The van der Waals surface area contributed by atoms with Gasteiger partial charge in [0.2, 0.25) is 5.91 Å². The van der Waals surface area contributed by atoms with Gasteiger partial charge < -0.3 is 20.4 Å². The van der Waals surface area contributed by atoms with E-state index < -0.39 is 6.04 Å². The van der Waals surface area contributed by atoms with Crippen LogP contribution in [0.3, 0.4) is 0 Å². The average Bonchev–Trinajstić information content (AvgIpc) is 2.88. The Morgan fingerprint density at radius 3 is 2.50 bits per heavy atom. The van der Waals surface area contributed by atoms with Crippen molar-refractivity contribution in [2.24, 2.45) is 5.41 Å². The monoisotopic (exact) mass is 335 g/mol. The minimum Gasteiger partial charge on any atom is -0.357 e. The van der Waals surface area contributed by atoms with Crippen LogP contribution in [-0.4, -0.2) is 73.0 Å². The molecular formula is C17H29N5O2. The summed E-state index contributed by atoms with van der Waals surface area (Å²) in [5, 5.41) is 5.55. The maximum atomic E-state index is 13.0. The first kappa shape index (κ1) is 18.3. The highest BCUT2D eigenvalue weighted by molar-refractivity contribution is 5.97. The first-order valence-corrected chi connectivity index (χ1v) is 8.27. The molecule has 0 aliphatic carbocycles. The zero-order valence-corrected chi connectivity index (χ0v) is 15.3. The number of amides is 2. The van der Waals surface area contributed by atoms with Gasteiger partial charge in [-0.3, -0.25) is 14.5 Å². The summed E-state index contributed by atoms with van der Waals surface area (Å²) in [7, 11) is 3.62. The Kier molecular flexibility index (Phi) is 5.22. The highest BCUT2D eigenvalue weighted by atomic mass is 16.2. The average molecular weight is 335 g/mol. The maximum absolute atomic E-state index is 13.0. The van der Waals surface area contributed by atoms with Crippen LogP contribution in [0.4, 0.5) is 0 Å². The summed E-state index contributed by atoms with van der Waals surface area (Å²) in [4.78, 5) is 31.4. The summed E-state index contributed by atoms with van der Waals surface area (Å²) < 4.78 is 0. The fourth-order valence-electron chi connectivity index (χ4n) is 3.09. The molecule has 0 bridgehead atoms. The van der Waals surface area contributed by atoms with Gasteiger partial charge in [0.05, 0.1) is 12.4 Å². The second-order valence-corrected chi connectivity index (χ2v) is 7.48. The van der Waals surface area contributed by atoms with E-state index in [1.54, 1.807) is 13.2 Å². The van der Waals surface area contributed by atoms with E-state index in [4.69, 9.17) is 0 Å². The lowest BCUT2D eigenvalue weighted by Gasteiger charge is -2.32. The van der Waals surface area contributed by atoms with Crippen molar-refractivity contribution in [1.29, 1.82) is 0 Å². The third-order valence-corrected chi connectivity index (χ3v) is 4.52. The van der Waals surface area contributed by atoms with Gasteiger partial charge in [0.25, 0.3) is 5.91 Å². The molecule has 2 rings (SSSR count). The molecule has 0 radical (unpaired) electrons. The number of likely N-dealkylation sites (N-methyl/N-ethyl adjacent to an activating group) is 2. The second-order valence-electron chi connectivity index (χ2n) is 7.48. The zero-order valence-electron chi connectivity index (χ0n) is 15.3. The molecule has 0 aromatic heterocycles. The lowest BCUT2D eigenvalue weighted by Crippen LogP contribution is -2.53. The number of hydrogen-bond donors (Lipinski definition) is 2. The highest BCUT2D eigenvalue weighted by Crippen LogP contribution is 2.28. The van der Waals surface area contributed by atoms with Gasteiger partial charge in [0.1, 0.15) is 11.7 Å². The van der Waals surface area contributed by atoms with E-state index in [9.17, 15) is 9.59 Å². The van der Waals surface area contributed by atoms with Gasteiger partial charge in [-0.2, -0.15) is 0 Å². The SMILES string of the molecule is C=CN1CN2CCN(C)CC2=C1C(=O)N[C@H](C(=O)NC)C(C)(C)C. The van der Waals surface area contributed by atoms with Crippen molar-refractivity contribution in [2.75, 3.05) is 40.4 Å². The zero-order chi connectivity index (χ0) is 18.1. The molecule has 0 unspecified atom stereocenters. The molecule has 7 heteroatoms. The van der Waals surface area contributed by atoms with Gasteiger partial charge in [-0.1, -0.05) is 27.4 Å². The molecule has 2 aliphatic rings. The van der Waals surface area contributed by atoms with Crippen molar-refractivity contribution in [3.63, 3.8) is 0 Å². The molecular weight excluding hydrogens is 306 g/mol. The van der Waals surface area contributed by atoms with Crippen LogP contribution in [0.2, 0.25) is 0 Å². The van der Waals surface area contributed by atoms with Gasteiger partial charge >= 0.3 is 0 Å². The van der Waals surface area contributed by atoms with Crippen LogP contribution >= 0.6 is 0 Å². The Morgan fingerprint density at radius 2 is 1.96 bits per heavy atom. The number of nitrogens with zero attached hydrogens (tertiary/aromatic N) is 3. The number of carbonyl (C=O) groups is 2. The van der Waals surface area contributed by atoms with E-state index in [0.29, 0.717) is 18.9 Å². The summed E-state index contributed by atoms with van der Waals surface area (Å²) in [6.45, 7) is 12.8. The van der Waals surface area contributed by atoms with Crippen LogP contribution < -0.4 is 10.6 Å². The summed E-state index contributed by atoms with van der Waals surface area (Å²) in [5.74, 6) is -0.423. The normalized spacial score (nSPS) is 19.9. The first-order valence-electron chi connectivity index (χ1n) is 8.27. The Labute approximate surface area is 144 Å². The quantitative estimate of drug-likeness (QED) is 0.765. The molecule has 0 aromatic rings. The van der Waals surface area contributed by atoms with E-state index in [1.165, 1.54) is 0 Å². The van der Waals surface area contributed by atoms with Crippen molar-refractivity contribution >= 4 is 11.8 Å². The molecule has 1 saturated heterocycles. The molecule has 1 atom stereocenters. The summed E-state index contributed by atoms with van der Waals surface area (Å²) in [6, 6.07) is -0.606. The number of hydrogen-bond acceptors (Lipinski definition) is 5. The van der Waals surface area contributed by atoms with Crippen molar-refractivity contribution in [3.8, 4) is 0 Å². The Balaban J connectivity index is 2.29. The van der Waals surface area contributed by atoms with Crippen LogP contribution in [0.5, 0.6) is 0 Å². The van der Waals surface area contributed by atoms with Crippen LogP contribution in [0.1, 0.15) is 20.8 Å². The first-order chi connectivity index (χ1) is 11.2. The lowest BCUT2D eigenvalue weighted by molar-refractivity contribution is -0.130. The standard InChI is InChI=1S/C17H29N5O2/c1-7-21-11-22-9-8-20(6)10-12(22)13(21)15(23)19-14(16(24)18-5)17(2,3)4/h7,14H,1,8-11H2,2-6H3,(H,18,24)(H,19,23)/t14-/m1/s1. The van der Waals surface area contributed by atoms with E-state index in [2.05, 4.69) is 27.0 Å². The largest absolute Gasteiger partial charge is 0.357 e. The fourth-order valence-corrected chi connectivity index (χ4v) is 3.09. The van der Waals surface area contributed by atoms with Crippen molar-refractivity contribution < 1.29 is 9.59 Å². The number of fused-ring (bicyclic) bond motifs is 1. The molecule has 2 aliphatic heterocycles. The van der Waals surface area contributed by atoms with Crippen LogP contribution in [0.25, 0.3) is 0 Å². The predicted molar refractivity (Wildman–Crippen MR) is 93.6 cm³/mol. The van der Waals surface area contributed by atoms with Gasteiger partial charge in [0, 0.05) is 26.7 Å². The second kappa shape index (κ2) is 6.84. The Hall–Kier alpha value is -2.02. The molecule has 24 heavy (non-hydrogen) atoms. The Bertz CT molecular complexity index is 564. The van der Waals surface area contributed by atoms with E-state index >= 15 is 0 Å². The number of nitrogens with one attached hydrogen (secondary N) is 2. The molecule has 0 saturated carbocycles. The summed E-state index contributed by atoms with van der Waals surface area (Å²) in [6.07, 6.45) is 1.67. The fraction of sp³-hybridized carbons (Fsp3) is 0.647. The molecule has 7 nitrogen and oxygen atoms in total. The molecule has 134 valence electrons. The third-order valence-electron chi connectivity index (χ3n) is 4.52. The van der Waals surface area contributed by atoms with Gasteiger partial charge in [0.15, 0.2) is 0 Å². The van der Waals surface area contributed by atoms with Gasteiger partial charge in [-0.25, -0.2) is 0 Å². The van der Waals surface area contributed by atoms with E-state index in [-0.39, 0.29) is 17.2 Å². The minimum absolute atomic E-state index is 0.192. The van der Waals surface area contributed by atoms with E-state index in [0.717, 1.165) is 18.8 Å². The predicted octanol–water partition coefficient (Wildman–Crippen LogP) is 0.139. The number of rotatable bonds is 4. The Morgan fingerprint density at radius 1 is 1.29 bits per heavy atom. The smallest absolute Gasteiger partial charge is 0.270 e. The van der Waals surface area contributed by atoms with Crippen LogP contribution in [0, 0.1) is 5.41 Å². The van der Waals surface area contributed by atoms with Crippen molar-refractivity contribution in [1.82, 2.24) is 25.3 Å². The molecule has 0 spiro atoms. The molecule has 2 amide bonds. The van der Waals surface area contributed by atoms with Crippen molar-refractivity contribution in [2.45, 2.75) is 26.8 Å². The van der Waals surface area contributed by atoms with E-state index in [1.807, 2.05) is 32.7 Å². The maximum Gasteiger partial charge on any atom is 0.270 e. The topological polar surface area (TPSA) is 67.9 Å². The lowest BCUT2D eigenvalue weighted by atomic mass is 9.86. The summed E-state index contributed by atoms with van der Waals surface area (Å²) in [5.41, 5.74) is 1.20.